The predicted molar refractivity (Wildman–Crippen MR) is 90.4 cm³/mol. The van der Waals surface area contributed by atoms with Crippen LogP contribution in [0.1, 0.15) is 22.7 Å². The van der Waals surface area contributed by atoms with E-state index in [4.69, 9.17) is 0 Å². The maximum Gasteiger partial charge on any atom is 0.331 e. The van der Waals surface area contributed by atoms with Crippen LogP contribution < -0.4 is 16.6 Å². The summed E-state index contributed by atoms with van der Waals surface area (Å²) >= 11 is 0. The van der Waals surface area contributed by atoms with Gasteiger partial charge < -0.3 is 10.4 Å². The zero-order chi connectivity index (χ0) is 18.7. The zero-order valence-corrected chi connectivity index (χ0v) is 14.1. The fourth-order valence-electron chi connectivity index (χ4n) is 2.46. The molecule has 2 N–H and O–H groups in total. The molecule has 2 rings (SSSR count). The smallest absolute Gasteiger partial charge is 0.331 e. The zero-order valence-electron chi connectivity index (χ0n) is 14.1. The third-order valence-electron chi connectivity index (χ3n) is 4.08. The molecule has 1 unspecified atom stereocenters. The fraction of sp³-hybridized carbons (Fsp3) is 0.294. The molecule has 0 saturated heterocycles. The molecule has 0 spiro atoms. The predicted octanol–water partition coefficient (Wildman–Crippen LogP) is 0.106. The van der Waals surface area contributed by atoms with Crippen molar-refractivity contribution in [2.24, 2.45) is 7.05 Å². The van der Waals surface area contributed by atoms with Crippen LogP contribution in [0, 0.1) is 13.8 Å². The molecule has 8 heteroatoms. The van der Waals surface area contributed by atoms with Gasteiger partial charge in [-0.25, -0.2) is 9.59 Å². The molecule has 0 radical (unpaired) electrons. The second-order valence-corrected chi connectivity index (χ2v) is 5.75. The lowest BCUT2D eigenvalue weighted by Gasteiger charge is -2.18. The molecule has 1 aromatic heterocycles. The Balaban J connectivity index is 2.26. The van der Waals surface area contributed by atoms with Crippen molar-refractivity contribution < 1.29 is 14.7 Å². The van der Waals surface area contributed by atoms with Crippen molar-refractivity contribution in [2.45, 2.75) is 26.4 Å². The number of carbonyl (C=O) groups is 2. The molecule has 25 heavy (non-hydrogen) atoms. The van der Waals surface area contributed by atoms with Gasteiger partial charge in [0.25, 0.3) is 5.56 Å². The Hall–Kier alpha value is -3.16. The monoisotopic (exact) mass is 345 g/mol. The lowest BCUT2D eigenvalue weighted by atomic mass is 9.97. The highest BCUT2D eigenvalue weighted by Gasteiger charge is 2.24. The van der Waals surface area contributed by atoms with E-state index in [1.165, 1.54) is 13.2 Å². The van der Waals surface area contributed by atoms with Gasteiger partial charge in [0.2, 0.25) is 5.91 Å². The van der Waals surface area contributed by atoms with Gasteiger partial charge in [-0.3, -0.25) is 18.7 Å². The number of hydrogen-bond donors (Lipinski definition) is 2. The summed E-state index contributed by atoms with van der Waals surface area (Å²) in [7, 11) is 1.30. The minimum Gasteiger partial charge on any atom is -0.479 e. The summed E-state index contributed by atoms with van der Waals surface area (Å²) in [6.45, 7) is 3.25. The van der Waals surface area contributed by atoms with Crippen LogP contribution in [0.15, 0.2) is 40.1 Å². The number of aromatic nitrogens is 2. The summed E-state index contributed by atoms with van der Waals surface area (Å²) in [5.41, 5.74) is 1.03. The van der Waals surface area contributed by atoms with Crippen molar-refractivity contribution in [1.82, 2.24) is 14.5 Å². The SMILES string of the molecule is Cc1cccc(C(NC(=O)Cn2ccc(=O)n(C)c2=O)C(=O)O)c1C. The molecule has 0 bridgehead atoms. The number of rotatable bonds is 5. The highest BCUT2D eigenvalue weighted by Crippen LogP contribution is 2.20. The molecule has 0 aliphatic carbocycles. The highest BCUT2D eigenvalue weighted by atomic mass is 16.4. The van der Waals surface area contributed by atoms with E-state index in [1.54, 1.807) is 19.1 Å². The Morgan fingerprint density at radius 2 is 1.88 bits per heavy atom. The van der Waals surface area contributed by atoms with Gasteiger partial charge in [0.15, 0.2) is 6.04 Å². The normalized spacial score (nSPS) is 11.8. The maximum absolute atomic E-state index is 12.2. The van der Waals surface area contributed by atoms with Crippen molar-refractivity contribution in [3.8, 4) is 0 Å². The average Bonchev–Trinajstić information content (AvgIpc) is 2.56. The Morgan fingerprint density at radius 1 is 1.20 bits per heavy atom. The van der Waals surface area contributed by atoms with E-state index < -0.39 is 29.2 Å². The van der Waals surface area contributed by atoms with Crippen molar-refractivity contribution in [2.75, 3.05) is 0 Å². The number of benzene rings is 1. The molecule has 0 aliphatic rings. The average molecular weight is 345 g/mol. The molecule has 0 fully saturated rings. The Morgan fingerprint density at radius 3 is 2.52 bits per heavy atom. The largest absolute Gasteiger partial charge is 0.479 e. The summed E-state index contributed by atoms with van der Waals surface area (Å²) in [6, 6.07) is 5.14. The first-order valence-electron chi connectivity index (χ1n) is 7.57. The van der Waals surface area contributed by atoms with Gasteiger partial charge in [0, 0.05) is 19.3 Å². The Labute approximate surface area is 143 Å². The van der Waals surface area contributed by atoms with E-state index in [9.17, 15) is 24.3 Å². The number of hydrogen-bond acceptors (Lipinski definition) is 4. The van der Waals surface area contributed by atoms with Crippen LogP contribution in [-0.4, -0.2) is 26.1 Å². The summed E-state index contributed by atoms with van der Waals surface area (Å²) in [5.74, 6) is -1.84. The number of nitrogens with zero attached hydrogens (tertiary/aromatic N) is 2. The fourth-order valence-corrected chi connectivity index (χ4v) is 2.46. The quantitative estimate of drug-likeness (QED) is 0.799. The van der Waals surface area contributed by atoms with Gasteiger partial charge in [-0.1, -0.05) is 18.2 Å². The Bertz CT molecular complexity index is 942. The standard InChI is InChI=1S/C17H19N3O5/c1-10-5-4-6-12(11(10)2)15(16(23)24)18-13(21)9-20-8-7-14(22)19(3)17(20)25/h4-8,15H,9H2,1-3H3,(H,18,21)(H,23,24). The lowest BCUT2D eigenvalue weighted by molar-refractivity contribution is -0.142. The number of aryl methyl sites for hydroxylation is 1. The first kappa shape index (κ1) is 18.2. The minimum atomic E-state index is -1.23. The van der Waals surface area contributed by atoms with Gasteiger partial charge in [0.05, 0.1) is 0 Å². The van der Waals surface area contributed by atoms with Gasteiger partial charge in [-0.05, 0) is 30.5 Å². The molecule has 0 aliphatic heterocycles. The highest BCUT2D eigenvalue weighted by molar-refractivity contribution is 5.84. The molecule has 1 heterocycles. The van der Waals surface area contributed by atoms with E-state index in [0.717, 1.165) is 26.3 Å². The summed E-state index contributed by atoms with van der Waals surface area (Å²) in [5, 5.41) is 11.9. The minimum absolute atomic E-state index is 0.387. The van der Waals surface area contributed by atoms with Crippen LogP contribution in [0.4, 0.5) is 0 Å². The third-order valence-corrected chi connectivity index (χ3v) is 4.08. The molecule has 1 amide bonds. The van der Waals surface area contributed by atoms with Crippen molar-refractivity contribution in [3.63, 3.8) is 0 Å². The van der Waals surface area contributed by atoms with E-state index in [0.29, 0.717) is 5.56 Å². The van der Waals surface area contributed by atoms with E-state index in [2.05, 4.69) is 5.32 Å². The lowest BCUT2D eigenvalue weighted by Crippen LogP contribution is -2.42. The molecule has 1 aromatic carbocycles. The molecule has 2 aromatic rings. The Kier molecular flexibility index (Phi) is 5.21. The van der Waals surface area contributed by atoms with Crippen molar-refractivity contribution in [1.29, 1.82) is 0 Å². The number of carboxylic acid groups (broad SMARTS) is 1. The molecular formula is C17H19N3O5. The molecule has 8 nitrogen and oxygen atoms in total. The van der Waals surface area contributed by atoms with Crippen LogP contribution in [0.25, 0.3) is 0 Å². The van der Waals surface area contributed by atoms with Gasteiger partial charge in [0.1, 0.15) is 6.54 Å². The number of carbonyl (C=O) groups excluding carboxylic acids is 1. The second-order valence-electron chi connectivity index (χ2n) is 5.75. The van der Waals surface area contributed by atoms with E-state index in [-0.39, 0.29) is 6.54 Å². The number of aliphatic carboxylic acids is 1. The van der Waals surface area contributed by atoms with Crippen LogP contribution in [-0.2, 0) is 23.2 Å². The number of nitrogens with one attached hydrogen (secondary N) is 1. The van der Waals surface area contributed by atoms with Crippen LogP contribution in [0.2, 0.25) is 0 Å². The van der Waals surface area contributed by atoms with Crippen molar-refractivity contribution >= 4 is 11.9 Å². The molecule has 132 valence electrons. The van der Waals surface area contributed by atoms with Crippen molar-refractivity contribution in [3.05, 3.63) is 68.0 Å². The number of amides is 1. The molecule has 0 saturated carbocycles. The maximum atomic E-state index is 12.2. The second kappa shape index (κ2) is 7.16. The molecule has 1 atom stereocenters. The van der Waals surface area contributed by atoms with E-state index >= 15 is 0 Å². The van der Waals surface area contributed by atoms with Crippen LogP contribution in [0.3, 0.4) is 0 Å². The van der Waals surface area contributed by atoms with Gasteiger partial charge in [-0.2, -0.15) is 0 Å². The topological polar surface area (TPSA) is 110 Å². The first-order chi connectivity index (χ1) is 11.7. The van der Waals surface area contributed by atoms with Crippen LogP contribution in [0.5, 0.6) is 0 Å². The van der Waals surface area contributed by atoms with Gasteiger partial charge in [-0.15, -0.1) is 0 Å². The summed E-state index contributed by atoms with van der Waals surface area (Å²) in [6.07, 6.45) is 1.21. The third kappa shape index (κ3) is 3.85. The van der Waals surface area contributed by atoms with Crippen LogP contribution >= 0.6 is 0 Å². The van der Waals surface area contributed by atoms with Gasteiger partial charge >= 0.3 is 11.7 Å². The summed E-state index contributed by atoms with van der Waals surface area (Å²) < 4.78 is 1.91. The first-order valence-corrected chi connectivity index (χ1v) is 7.57. The summed E-state index contributed by atoms with van der Waals surface area (Å²) in [4.78, 5) is 47.1. The van der Waals surface area contributed by atoms with E-state index in [1.807, 2.05) is 13.0 Å². The molecular weight excluding hydrogens is 326 g/mol. The number of carboxylic acids is 1.